The maximum Gasteiger partial charge on any atom is 0.240 e. The van der Waals surface area contributed by atoms with E-state index in [4.69, 9.17) is 0 Å². The molecule has 4 rings (SSSR count). The molecule has 0 spiro atoms. The number of imidazole rings is 1. The van der Waals surface area contributed by atoms with E-state index in [2.05, 4.69) is 20.3 Å². The molecule has 1 saturated carbocycles. The molecule has 0 saturated heterocycles. The maximum absolute atomic E-state index is 12.6. The third kappa shape index (κ3) is 3.92. The Morgan fingerprint density at radius 2 is 1.74 bits per heavy atom. The number of sulfonamides is 1. The van der Waals surface area contributed by atoms with Crippen LogP contribution in [0.4, 0.5) is 0 Å². The number of aromatic nitrogens is 2. The number of nitrogens with one attached hydrogen (secondary N) is 1. The minimum Gasteiger partial charge on any atom is -0.324 e. The van der Waals surface area contributed by atoms with Gasteiger partial charge in [-0.25, -0.2) is 18.1 Å². The van der Waals surface area contributed by atoms with Gasteiger partial charge in [-0.1, -0.05) is 43.5 Å². The van der Waals surface area contributed by atoms with E-state index >= 15 is 0 Å². The summed E-state index contributed by atoms with van der Waals surface area (Å²) in [6.07, 6.45) is 5.28. The molecule has 3 aromatic rings. The Labute approximate surface area is 160 Å². The molecule has 0 amide bonds. The number of para-hydroxylation sites is 2. The van der Waals surface area contributed by atoms with Gasteiger partial charge in [-0.05, 0) is 49.6 Å². The van der Waals surface area contributed by atoms with E-state index in [0.717, 1.165) is 48.1 Å². The van der Waals surface area contributed by atoms with Crippen LogP contribution in [0, 0.1) is 6.92 Å². The minimum absolute atomic E-state index is 0.0726. The van der Waals surface area contributed by atoms with E-state index in [-0.39, 0.29) is 6.04 Å². The third-order valence-corrected chi connectivity index (χ3v) is 6.88. The smallest absolute Gasteiger partial charge is 0.240 e. The molecule has 1 aliphatic carbocycles. The fraction of sp³-hybridized carbons (Fsp3) is 0.381. The molecule has 1 aliphatic rings. The van der Waals surface area contributed by atoms with E-state index in [1.165, 1.54) is 6.42 Å². The summed E-state index contributed by atoms with van der Waals surface area (Å²) in [5, 5.41) is 0. The second-order valence-electron chi connectivity index (χ2n) is 7.33. The van der Waals surface area contributed by atoms with Gasteiger partial charge in [-0.3, -0.25) is 0 Å². The first-order valence-corrected chi connectivity index (χ1v) is 11.0. The molecule has 1 fully saturated rings. The van der Waals surface area contributed by atoms with E-state index in [0.29, 0.717) is 11.4 Å². The van der Waals surface area contributed by atoms with Gasteiger partial charge in [0.05, 0.1) is 15.9 Å². The fourth-order valence-electron chi connectivity index (χ4n) is 3.86. The summed E-state index contributed by atoms with van der Waals surface area (Å²) in [6, 6.07) is 15.3. The van der Waals surface area contributed by atoms with Crippen molar-refractivity contribution in [2.24, 2.45) is 0 Å². The number of hydrogen-bond donors (Lipinski definition) is 1. The van der Waals surface area contributed by atoms with Crippen molar-refractivity contribution in [3.8, 4) is 0 Å². The topological polar surface area (TPSA) is 64.0 Å². The van der Waals surface area contributed by atoms with Crippen molar-refractivity contribution in [3.63, 3.8) is 0 Å². The highest BCUT2D eigenvalue weighted by Crippen LogP contribution is 2.21. The Hall–Kier alpha value is -2.18. The van der Waals surface area contributed by atoms with Crippen LogP contribution in [0.5, 0.6) is 0 Å². The fourth-order valence-corrected chi connectivity index (χ4v) is 5.17. The minimum atomic E-state index is -3.45. The molecule has 27 heavy (non-hydrogen) atoms. The molecule has 6 heteroatoms. The van der Waals surface area contributed by atoms with Crippen molar-refractivity contribution in [2.75, 3.05) is 0 Å². The number of aryl methyl sites for hydroxylation is 1. The molecule has 0 unspecified atom stereocenters. The molecule has 2 aromatic carbocycles. The zero-order chi connectivity index (χ0) is 18.9. The average Bonchev–Trinajstić information content (AvgIpc) is 2.98. The Morgan fingerprint density at radius 1 is 1.04 bits per heavy atom. The van der Waals surface area contributed by atoms with Gasteiger partial charge in [0.2, 0.25) is 10.0 Å². The van der Waals surface area contributed by atoms with Gasteiger partial charge in [-0.2, -0.15) is 0 Å². The zero-order valence-corrected chi connectivity index (χ0v) is 16.4. The summed E-state index contributed by atoms with van der Waals surface area (Å²) in [5.74, 6) is 0.951. The lowest BCUT2D eigenvalue weighted by atomic mass is 9.96. The first-order chi connectivity index (χ1) is 13.0. The molecule has 0 bridgehead atoms. The van der Waals surface area contributed by atoms with Crippen molar-refractivity contribution in [1.29, 1.82) is 0 Å². The first-order valence-electron chi connectivity index (χ1n) is 9.56. The van der Waals surface area contributed by atoms with Gasteiger partial charge in [0, 0.05) is 12.6 Å². The Balaban J connectivity index is 1.52. The van der Waals surface area contributed by atoms with E-state index in [9.17, 15) is 8.42 Å². The molecule has 0 atom stereocenters. The normalized spacial score (nSPS) is 16.0. The van der Waals surface area contributed by atoms with Gasteiger partial charge >= 0.3 is 0 Å². The van der Waals surface area contributed by atoms with E-state index < -0.39 is 10.0 Å². The lowest BCUT2D eigenvalue weighted by molar-refractivity contribution is 0.412. The van der Waals surface area contributed by atoms with Crippen LogP contribution in [-0.4, -0.2) is 24.0 Å². The van der Waals surface area contributed by atoms with Crippen molar-refractivity contribution in [3.05, 3.63) is 59.9 Å². The summed E-state index contributed by atoms with van der Waals surface area (Å²) < 4.78 is 30.3. The highest BCUT2D eigenvalue weighted by molar-refractivity contribution is 7.89. The standard InChI is InChI=1S/C21H25N3O2S/c1-16-22-20-9-5-6-10-21(20)24(16)15-17-11-13-19(14-12-17)27(25,26)23-18-7-3-2-4-8-18/h5-6,9-14,18,23H,2-4,7-8,15H2,1H3. The van der Waals surface area contributed by atoms with Crippen LogP contribution in [0.25, 0.3) is 11.0 Å². The summed E-state index contributed by atoms with van der Waals surface area (Å²) in [6.45, 7) is 2.66. The van der Waals surface area contributed by atoms with Crippen molar-refractivity contribution < 1.29 is 8.42 Å². The third-order valence-electron chi connectivity index (χ3n) is 5.35. The predicted octanol–water partition coefficient (Wildman–Crippen LogP) is 4.00. The molecular formula is C21H25N3O2S. The molecular weight excluding hydrogens is 358 g/mol. The lowest BCUT2D eigenvalue weighted by Crippen LogP contribution is -2.36. The van der Waals surface area contributed by atoms with Crippen LogP contribution < -0.4 is 4.72 Å². The Bertz CT molecular complexity index is 1030. The van der Waals surface area contributed by atoms with Gasteiger partial charge < -0.3 is 4.57 Å². The molecule has 1 N–H and O–H groups in total. The van der Waals surface area contributed by atoms with Gasteiger partial charge in [-0.15, -0.1) is 0 Å². The highest BCUT2D eigenvalue weighted by Gasteiger charge is 2.21. The van der Waals surface area contributed by atoms with Crippen molar-refractivity contribution >= 4 is 21.1 Å². The predicted molar refractivity (Wildman–Crippen MR) is 107 cm³/mol. The summed E-state index contributed by atoms with van der Waals surface area (Å²) in [4.78, 5) is 4.93. The first kappa shape index (κ1) is 18.2. The van der Waals surface area contributed by atoms with Crippen molar-refractivity contribution in [2.45, 2.75) is 56.5 Å². The number of fused-ring (bicyclic) bond motifs is 1. The largest absolute Gasteiger partial charge is 0.324 e. The van der Waals surface area contributed by atoms with Crippen LogP contribution in [0.3, 0.4) is 0 Å². The summed E-state index contributed by atoms with van der Waals surface area (Å²) in [5.41, 5.74) is 3.12. The SMILES string of the molecule is Cc1nc2ccccc2n1Cc1ccc(S(=O)(=O)NC2CCCCC2)cc1. The molecule has 0 aliphatic heterocycles. The Kier molecular flexibility index (Phi) is 5.02. The summed E-state index contributed by atoms with van der Waals surface area (Å²) in [7, 11) is -3.45. The molecule has 0 radical (unpaired) electrons. The van der Waals surface area contributed by atoms with Crippen LogP contribution in [-0.2, 0) is 16.6 Å². The maximum atomic E-state index is 12.6. The lowest BCUT2D eigenvalue weighted by Gasteiger charge is -2.22. The van der Waals surface area contributed by atoms with E-state index in [1.54, 1.807) is 12.1 Å². The van der Waals surface area contributed by atoms with Crippen LogP contribution in [0.1, 0.15) is 43.5 Å². The highest BCUT2D eigenvalue weighted by atomic mass is 32.2. The van der Waals surface area contributed by atoms with Crippen LogP contribution in [0.2, 0.25) is 0 Å². The Morgan fingerprint density at radius 3 is 2.48 bits per heavy atom. The van der Waals surface area contributed by atoms with Crippen LogP contribution in [0.15, 0.2) is 53.4 Å². The average molecular weight is 384 g/mol. The molecule has 5 nitrogen and oxygen atoms in total. The van der Waals surface area contributed by atoms with Gasteiger partial charge in [0.1, 0.15) is 5.82 Å². The number of benzene rings is 2. The zero-order valence-electron chi connectivity index (χ0n) is 15.6. The van der Waals surface area contributed by atoms with Gasteiger partial charge in [0.25, 0.3) is 0 Å². The number of nitrogens with zero attached hydrogens (tertiary/aromatic N) is 2. The van der Waals surface area contributed by atoms with Gasteiger partial charge in [0.15, 0.2) is 0 Å². The molecule has 142 valence electrons. The summed E-state index contributed by atoms with van der Waals surface area (Å²) >= 11 is 0. The molecule has 1 heterocycles. The quantitative estimate of drug-likeness (QED) is 0.724. The van der Waals surface area contributed by atoms with Crippen LogP contribution >= 0.6 is 0 Å². The molecule has 1 aromatic heterocycles. The monoisotopic (exact) mass is 383 g/mol. The second kappa shape index (κ2) is 7.44. The number of rotatable bonds is 5. The second-order valence-corrected chi connectivity index (χ2v) is 9.05. The van der Waals surface area contributed by atoms with Crippen molar-refractivity contribution in [1.82, 2.24) is 14.3 Å². The number of hydrogen-bond acceptors (Lipinski definition) is 3. The van der Waals surface area contributed by atoms with E-state index in [1.807, 2.05) is 37.3 Å².